The van der Waals surface area contributed by atoms with Gasteiger partial charge in [0.2, 0.25) is 0 Å². The van der Waals surface area contributed by atoms with Crippen LogP contribution < -0.4 is 4.74 Å². The molecular formula is C15H21BrO3. The topological polar surface area (TPSA) is 38.7 Å². The molecule has 4 heteroatoms. The molecule has 2 rings (SSSR count). The van der Waals surface area contributed by atoms with Gasteiger partial charge in [0.1, 0.15) is 5.75 Å². The van der Waals surface area contributed by atoms with Crippen molar-refractivity contribution in [3.05, 3.63) is 28.2 Å². The summed E-state index contributed by atoms with van der Waals surface area (Å²) in [6.45, 7) is 4.03. The molecule has 1 fully saturated rings. The first-order valence-corrected chi connectivity index (χ1v) is 7.41. The van der Waals surface area contributed by atoms with Crippen LogP contribution in [0.4, 0.5) is 0 Å². The molecule has 1 aliphatic heterocycles. The highest BCUT2D eigenvalue weighted by Crippen LogP contribution is 2.35. The minimum absolute atomic E-state index is 0.0897. The van der Waals surface area contributed by atoms with Crippen molar-refractivity contribution in [3.63, 3.8) is 0 Å². The van der Waals surface area contributed by atoms with Crippen molar-refractivity contribution in [1.82, 2.24) is 0 Å². The zero-order valence-corrected chi connectivity index (χ0v) is 13.2. The Morgan fingerprint density at radius 3 is 2.58 bits per heavy atom. The molecule has 0 saturated carbocycles. The highest BCUT2D eigenvalue weighted by Gasteiger charge is 2.37. The second kappa shape index (κ2) is 5.81. The van der Waals surface area contributed by atoms with E-state index in [2.05, 4.69) is 15.9 Å². The summed E-state index contributed by atoms with van der Waals surface area (Å²) in [5, 5.41) is 10.8. The van der Waals surface area contributed by atoms with E-state index < -0.39 is 5.60 Å². The number of aliphatic hydroxyl groups is 1. The summed E-state index contributed by atoms with van der Waals surface area (Å²) in [7, 11) is 1.66. The first kappa shape index (κ1) is 14.8. The number of halogens is 1. The Morgan fingerprint density at radius 2 is 2.00 bits per heavy atom. The van der Waals surface area contributed by atoms with Gasteiger partial charge in [0.15, 0.2) is 0 Å². The van der Waals surface area contributed by atoms with Crippen molar-refractivity contribution in [2.24, 2.45) is 0 Å². The second-order valence-corrected chi connectivity index (χ2v) is 6.44. The van der Waals surface area contributed by atoms with Gasteiger partial charge in [0, 0.05) is 23.7 Å². The summed E-state index contributed by atoms with van der Waals surface area (Å²) in [4.78, 5) is 0. The SMILES string of the molecule is COc1ccc(Br)cc1CC1(O)CC(C)OC(C)C1. The standard InChI is InChI=1S/C15H21BrO3/c1-10-7-15(17,8-11(2)19-10)9-12-6-13(16)4-5-14(12)18-3/h4-6,10-11,17H,7-9H2,1-3H3. The van der Waals surface area contributed by atoms with Gasteiger partial charge in [0.25, 0.3) is 0 Å². The fraction of sp³-hybridized carbons (Fsp3) is 0.600. The van der Waals surface area contributed by atoms with E-state index in [9.17, 15) is 5.11 Å². The van der Waals surface area contributed by atoms with E-state index in [0.29, 0.717) is 19.3 Å². The normalized spacial score (nSPS) is 31.2. The van der Waals surface area contributed by atoms with Crippen molar-refractivity contribution in [3.8, 4) is 5.75 Å². The third-order valence-electron chi connectivity index (χ3n) is 3.56. The quantitative estimate of drug-likeness (QED) is 0.925. The highest BCUT2D eigenvalue weighted by atomic mass is 79.9. The van der Waals surface area contributed by atoms with Crippen LogP contribution in [0.25, 0.3) is 0 Å². The summed E-state index contributed by atoms with van der Waals surface area (Å²) in [5.41, 5.74) is 0.311. The molecule has 0 spiro atoms. The van der Waals surface area contributed by atoms with Crippen molar-refractivity contribution in [2.45, 2.75) is 50.9 Å². The first-order chi connectivity index (χ1) is 8.92. The summed E-state index contributed by atoms with van der Waals surface area (Å²) < 4.78 is 12.1. The number of rotatable bonds is 3. The zero-order chi connectivity index (χ0) is 14.0. The van der Waals surface area contributed by atoms with Crippen LogP contribution in [-0.4, -0.2) is 30.0 Å². The van der Waals surface area contributed by atoms with E-state index in [0.717, 1.165) is 15.8 Å². The third-order valence-corrected chi connectivity index (χ3v) is 4.05. The summed E-state index contributed by atoms with van der Waals surface area (Å²) >= 11 is 3.47. The maximum atomic E-state index is 10.8. The lowest BCUT2D eigenvalue weighted by Crippen LogP contribution is -2.44. The average Bonchev–Trinajstić information content (AvgIpc) is 2.26. The monoisotopic (exact) mass is 328 g/mol. The lowest BCUT2D eigenvalue weighted by atomic mass is 9.82. The molecule has 2 atom stereocenters. The van der Waals surface area contributed by atoms with Gasteiger partial charge in [-0.25, -0.2) is 0 Å². The fourth-order valence-corrected chi connectivity index (χ4v) is 3.44. The fourth-order valence-electron chi connectivity index (χ4n) is 3.03. The van der Waals surface area contributed by atoms with Crippen LogP contribution in [0, 0.1) is 0 Å². The number of hydrogen-bond acceptors (Lipinski definition) is 3. The first-order valence-electron chi connectivity index (χ1n) is 6.62. The van der Waals surface area contributed by atoms with Crippen LogP contribution in [0.5, 0.6) is 5.75 Å². The molecule has 106 valence electrons. The molecule has 1 N–H and O–H groups in total. The van der Waals surface area contributed by atoms with Crippen molar-refractivity contribution >= 4 is 15.9 Å². The Balaban J connectivity index is 2.21. The molecular weight excluding hydrogens is 308 g/mol. The van der Waals surface area contributed by atoms with E-state index in [1.54, 1.807) is 7.11 Å². The lowest BCUT2D eigenvalue weighted by Gasteiger charge is -2.39. The molecule has 0 aromatic heterocycles. The number of hydrogen-bond donors (Lipinski definition) is 1. The zero-order valence-electron chi connectivity index (χ0n) is 11.6. The Hall–Kier alpha value is -0.580. The second-order valence-electron chi connectivity index (χ2n) is 5.52. The maximum absolute atomic E-state index is 10.8. The van der Waals surface area contributed by atoms with Gasteiger partial charge in [-0.2, -0.15) is 0 Å². The largest absolute Gasteiger partial charge is 0.496 e. The van der Waals surface area contributed by atoms with E-state index in [4.69, 9.17) is 9.47 Å². The molecule has 1 aliphatic rings. The number of methoxy groups -OCH3 is 1. The average molecular weight is 329 g/mol. The van der Waals surface area contributed by atoms with Crippen molar-refractivity contribution in [1.29, 1.82) is 0 Å². The molecule has 3 nitrogen and oxygen atoms in total. The van der Waals surface area contributed by atoms with Crippen LogP contribution in [0.2, 0.25) is 0 Å². The Labute approximate surface area is 123 Å². The van der Waals surface area contributed by atoms with E-state index in [-0.39, 0.29) is 12.2 Å². The van der Waals surface area contributed by atoms with Gasteiger partial charge in [0.05, 0.1) is 24.9 Å². The predicted molar refractivity (Wildman–Crippen MR) is 78.6 cm³/mol. The Morgan fingerprint density at radius 1 is 1.37 bits per heavy atom. The van der Waals surface area contributed by atoms with Crippen molar-refractivity contribution < 1.29 is 14.6 Å². The lowest BCUT2D eigenvalue weighted by molar-refractivity contribution is -0.130. The molecule has 1 saturated heterocycles. The smallest absolute Gasteiger partial charge is 0.122 e. The Kier molecular flexibility index (Phi) is 4.54. The van der Waals surface area contributed by atoms with Crippen LogP contribution in [-0.2, 0) is 11.2 Å². The molecule has 0 amide bonds. The number of benzene rings is 1. The molecule has 1 aromatic carbocycles. The van der Waals surface area contributed by atoms with Crippen molar-refractivity contribution in [2.75, 3.05) is 7.11 Å². The minimum Gasteiger partial charge on any atom is -0.496 e. The third kappa shape index (κ3) is 3.71. The van der Waals surface area contributed by atoms with Gasteiger partial charge in [-0.05, 0) is 37.6 Å². The minimum atomic E-state index is -0.717. The Bertz CT molecular complexity index is 437. The van der Waals surface area contributed by atoms with E-state index >= 15 is 0 Å². The predicted octanol–water partition coefficient (Wildman–Crippen LogP) is 3.32. The van der Waals surface area contributed by atoms with Gasteiger partial charge in [-0.3, -0.25) is 0 Å². The highest BCUT2D eigenvalue weighted by molar-refractivity contribution is 9.10. The summed E-state index contributed by atoms with van der Waals surface area (Å²) in [6.07, 6.45) is 2.09. The van der Waals surface area contributed by atoms with Crippen LogP contribution in [0.3, 0.4) is 0 Å². The van der Waals surface area contributed by atoms with Crippen LogP contribution in [0.1, 0.15) is 32.3 Å². The molecule has 0 bridgehead atoms. The van der Waals surface area contributed by atoms with E-state index in [1.165, 1.54) is 0 Å². The molecule has 1 aromatic rings. The van der Waals surface area contributed by atoms with Gasteiger partial charge in [-0.15, -0.1) is 0 Å². The summed E-state index contributed by atoms with van der Waals surface area (Å²) in [5.74, 6) is 0.823. The van der Waals surface area contributed by atoms with E-state index in [1.807, 2.05) is 32.0 Å². The summed E-state index contributed by atoms with van der Waals surface area (Å²) in [6, 6.07) is 5.89. The molecule has 1 heterocycles. The number of ether oxygens (including phenoxy) is 2. The van der Waals surface area contributed by atoms with Crippen LogP contribution >= 0.6 is 15.9 Å². The van der Waals surface area contributed by atoms with Gasteiger partial charge < -0.3 is 14.6 Å². The molecule has 0 radical (unpaired) electrons. The maximum Gasteiger partial charge on any atom is 0.122 e. The van der Waals surface area contributed by atoms with Gasteiger partial charge in [-0.1, -0.05) is 15.9 Å². The molecule has 0 aliphatic carbocycles. The van der Waals surface area contributed by atoms with Gasteiger partial charge >= 0.3 is 0 Å². The molecule has 19 heavy (non-hydrogen) atoms. The van der Waals surface area contributed by atoms with Crippen LogP contribution in [0.15, 0.2) is 22.7 Å². The molecule has 2 unspecified atom stereocenters.